The summed E-state index contributed by atoms with van der Waals surface area (Å²) in [5.41, 5.74) is 20.4. The lowest BCUT2D eigenvalue weighted by atomic mass is 10.0. The highest BCUT2D eigenvalue weighted by Crippen LogP contribution is 2.34. The van der Waals surface area contributed by atoms with Crippen molar-refractivity contribution < 1.29 is 0 Å². The Labute approximate surface area is 86.8 Å². The van der Waals surface area contributed by atoms with E-state index in [9.17, 15) is 0 Å². The molecule has 0 fully saturated rings. The quantitative estimate of drug-likeness (QED) is 0.383. The van der Waals surface area contributed by atoms with Crippen molar-refractivity contribution in [1.82, 2.24) is 0 Å². The van der Waals surface area contributed by atoms with E-state index in [1.165, 1.54) is 0 Å². The van der Waals surface area contributed by atoms with Crippen molar-refractivity contribution >= 4 is 11.4 Å². The molecule has 6 nitrogen and oxygen atoms in total. The summed E-state index contributed by atoms with van der Waals surface area (Å²) in [5.74, 6) is 0. The van der Waals surface area contributed by atoms with Crippen LogP contribution in [0.4, 0.5) is 11.4 Å². The summed E-state index contributed by atoms with van der Waals surface area (Å²) in [5, 5.41) is 7.17. The number of rotatable bonds is 2. The summed E-state index contributed by atoms with van der Waals surface area (Å²) in [7, 11) is 0. The fourth-order valence-electron chi connectivity index (χ4n) is 1.56. The number of hydrogen-bond donors (Lipinski definition) is 0. The molecule has 0 N–H and O–H groups in total. The second-order valence-corrected chi connectivity index (χ2v) is 3.21. The summed E-state index contributed by atoms with van der Waals surface area (Å²) >= 11 is 0. The van der Waals surface area contributed by atoms with E-state index in [0.29, 0.717) is 16.9 Å². The molecule has 6 heteroatoms. The largest absolute Gasteiger partial charge is 0.0602 e. The molecule has 1 aromatic carbocycles. The van der Waals surface area contributed by atoms with E-state index >= 15 is 0 Å². The summed E-state index contributed by atoms with van der Waals surface area (Å²) in [6, 6.07) is 1.83. The minimum atomic E-state index is 0.533. The Morgan fingerprint density at radius 3 is 1.67 bits per heavy atom. The predicted octanol–water partition coefficient (Wildman–Crippen LogP) is 4.50. The van der Waals surface area contributed by atoms with E-state index in [1.807, 2.05) is 19.9 Å². The highest BCUT2D eigenvalue weighted by molar-refractivity contribution is 5.66. The van der Waals surface area contributed by atoms with Crippen LogP contribution in [0, 0.1) is 20.8 Å². The van der Waals surface area contributed by atoms with Crippen LogP contribution in [0.25, 0.3) is 20.9 Å². The van der Waals surface area contributed by atoms with Crippen LogP contribution in [0.2, 0.25) is 0 Å². The lowest BCUT2D eigenvalue weighted by Crippen LogP contribution is -1.85. The molecule has 0 radical (unpaired) electrons. The molecule has 0 aliphatic heterocycles. The Balaban J connectivity index is 3.62. The SMILES string of the molecule is Cc1cc(C)c(N=[N+]=[N-])c(C)c1N=[N+]=[N-]. The van der Waals surface area contributed by atoms with Crippen LogP contribution in [0.5, 0.6) is 0 Å². The van der Waals surface area contributed by atoms with Gasteiger partial charge in [-0.2, -0.15) is 0 Å². The lowest BCUT2D eigenvalue weighted by Gasteiger charge is -2.09. The summed E-state index contributed by atoms with van der Waals surface area (Å²) in [6.07, 6.45) is 0. The van der Waals surface area contributed by atoms with Crippen molar-refractivity contribution in [1.29, 1.82) is 0 Å². The predicted molar refractivity (Wildman–Crippen MR) is 58.3 cm³/mol. The topological polar surface area (TPSA) is 97.5 Å². The third kappa shape index (κ3) is 2.02. The van der Waals surface area contributed by atoms with Gasteiger partial charge in [-0.25, -0.2) is 0 Å². The smallest absolute Gasteiger partial charge is 0.0438 e. The molecule has 0 unspecified atom stereocenters. The van der Waals surface area contributed by atoms with Crippen LogP contribution in [0.15, 0.2) is 16.3 Å². The molecule has 0 aliphatic rings. The summed E-state index contributed by atoms with van der Waals surface area (Å²) in [4.78, 5) is 5.50. The second-order valence-electron chi connectivity index (χ2n) is 3.21. The van der Waals surface area contributed by atoms with E-state index in [1.54, 1.807) is 6.92 Å². The van der Waals surface area contributed by atoms with Crippen molar-refractivity contribution in [3.8, 4) is 0 Å². The van der Waals surface area contributed by atoms with Gasteiger partial charge in [-0.05, 0) is 48.5 Å². The number of aryl methyl sites for hydroxylation is 2. The first-order valence-electron chi connectivity index (χ1n) is 4.32. The number of hydrogen-bond acceptors (Lipinski definition) is 2. The molecule has 0 bridgehead atoms. The van der Waals surface area contributed by atoms with Crippen LogP contribution in [0.1, 0.15) is 16.7 Å². The standard InChI is InChI=1S/C9H10N6/c1-5-4-6(2)9(13-15-11)7(3)8(5)12-14-10/h4H,1-3H3. The minimum Gasteiger partial charge on any atom is -0.0602 e. The van der Waals surface area contributed by atoms with Crippen LogP contribution in [0.3, 0.4) is 0 Å². The van der Waals surface area contributed by atoms with Crippen LogP contribution in [-0.4, -0.2) is 0 Å². The Bertz CT molecular complexity index is 450. The van der Waals surface area contributed by atoms with Gasteiger partial charge in [0.25, 0.3) is 0 Å². The highest BCUT2D eigenvalue weighted by atomic mass is 15.2. The molecule has 0 aliphatic carbocycles. The van der Waals surface area contributed by atoms with Gasteiger partial charge < -0.3 is 0 Å². The zero-order valence-electron chi connectivity index (χ0n) is 8.76. The van der Waals surface area contributed by atoms with Crippen molar-refractivity contribution in [3.05, 3.63) is 43.6 Å². The molecule has 0 aromatic heterocycles. The first-order valence-corrected chi connectivity index (χ1v) is 4.32. The zero-order valence-corrected chi connectivity index (χ0v) is 8.76. The molecule has 15 heavy (non-hydrogen) atoms. The summed E-state index contributed by atoms with van der Waals surface area (Å²) < 4.78 is 0. The third-order valence-corrected chi connectivity index (χ3v) is 2.18. The molecular formula is C9H10N6. The maximum atomic E-state index is 8.41. The Hall–Kier alpha value is -2.16. The molecule has 0 saturated heterocycles. The van der Waals surface area contributed by atoms with Gasteiger partial charge in [-0.3, -0.25) is 0 Å². The number of azide groups is 2. The molecule has 0 heterocycles. The van der Waals surface area contributed by atoms with Gasteiger partial charge in [-0.1, -0.05) is 16.3 Å². The Kier molecular flexibility index (Phi) is 3.18. The van der Waals surface area contributed by atoms with Gasteiger partial charge in [0.15, 0.2) is 0 Å². The van der Waals surface area contributed by atoms with Crippen molar-refractivity contribution in [2.45, 2.75) is 20.8 Å². The molecule has 0 spiro atoms. The van der Waals surface area contributed by atoms with Gasteiger partial charge in [0.05, 0.1) is 0 Å². The Morgan fingerprint density at radius 1 is 0.933 bits per heavy atom. The van der Waals surface area contributed by atoms with Gasteiger partial charge in [0.1, 0.15) is 0 Å². The minimum absolute atomic E-state index is 0.533. The number of benzene rings is 1. The molecule has 0 atom stereocenters. The van der Waals surface area contributed by atoms with Crippen molar-refractivity contribution in [3.63, 3.8) is 0 Å². The molecular weight excluding hydrogens is 192 g/mol. The third-order valence-electron chi connectivity index (χ3n) is 2.18. The fraction of sp³-hybridized carbons (Fsp3) is 0.333. The average molecular weight is 202 g/mol. The fourth-order valence-corrected chi connectivity index (χ4v) is 1.56. The van der Waals surface area contributed by atoms with Gasteiger partial charge >= 0.3 is 0 Å². The lowest BCUT2D eigenvalue weighted by molar-refractivity contribution is 1.24. The van der Waals surface area contributed by atoms with E-state index in [2.05, 4.69) is 20.1 Å². The first-order chi connectivity index (χ1) is 7.11. The van der Waals surface area contributed by atoms with E-state index in [4.69, 9.17) is 11.1 Å². The molecule has 1 aromatic rings. The van der Waals surface area contributed by atoms with Gasteiger partial charge in [0.2, 0.25) is 0 Å². The van der Waals surface area contributed by atoms with Crippen LogP contribution >= 0.6 is 0 Å². The van der Waals surface area contributed by atoms with Crippen molar-refractivity contribution in [2.75, 3.05) is 0 Å². The first kappa shape index (κ1) is 10.9. The zero-order chi connectivity index (χ0) is 11.4. The van der Waals surface area contributed by atoms with Crippen LogP contribution in [-0.2, 0) is 0 Å². The molecule has 0 saturated carbocycles. The molecule has 1 rings (SSSR count). The maximum Gasteiger partial charge on any atom is 0.0438 e. The average Bonchev–Trinajstić information content (AvgIpc) is 2.19. The normalized spacial score (nSPS) is 9.00. The monoisotopic (exact) mass is 202 g/mol. The maximum absolute atomic E-state index is 8.41. The van der Waals surface area contributed by atoms with Gasteiger partial charge in [0, 0.05) is 21.2 Å². The highest BCUT2D eigenvalue weighted by Gasteiger charge is 2.08. The van der Waals surface area contributed by atoms with Gasteiger partial charge in [-0.15, -0.1) is 0 Å². The number of nitrogens with zero attached hydrogens (tertiary/aromatic N) is 6. The molecule has 76 valence electrons. The van der Waals surface area contributed by atoms with E-state index in [0.717, 1.165) is 11.1 Å². The van der Waals surface area contributed by atoms with Crippen LogP contribution < -0.4 is 0 Å². The second kappa shape index (κ2) is 4.37. The van der Waals surface area contributed by atoms with E-state index in [-0.39, 0.29) is 0 Å². The molecule has 0 amide bonds. The summed E-state index contributed by atoms with van der Waals surface area (Å²) in [6.45, 7) is 5.47. The van der Waals surface area contributed by atoms with E-state index < -0.39 is 0 Å². The Morgan fingerprint density at radius 2 is 1.33 bits per heavy atom. The van der Waals surface area contributed by atoms with Crippen molar-refractivity contribution in [2.24, 2.45) is 10.2 Å².